The normalized spacial score (nSPS) is 21.1. The summed E-state index contributed by atoms with van der Waals surface area (Å²) in [5, 5.41) is 8.46. The fourth-order valence-corrected chi connectivity index (χ4v) is 5.21. The molecule has 170 valence electrons. The fraction of sp³-hybridized carbons (Fsp3) is 0.520. The van der Waals surface area contributed by atoms with Crippen LogP contribution < -0.4 is 5.32 Å². The van der Waals surface area contributed by atoms with Crippen molar-refractivity contribution in [2.24, 2.45) is 11.8 Å². The van der Waals surface area contributed by atoms with Gasteiger partial charge in [-0.15, -0.1) is 5.10 Å². The number of carbonyl (C=O) groups is 1. The third kappa shape index (κ3) is 4.98. The van der Waals surface area contributed by atoms with Crippen LogP contribution in [0, 0.1) is 32.6 Å². The lowest BCUT2D eigenvalue weighted by Crippen LogP contribution is -2.44. The minimum atomic E-state index is 0.0562. The average Bonchev–Trinajstić information content (AvgIpc) is 3.17. The van der Waals surface area contributed by atoms with Crippen LogP contribution in [-0.4, -0.2) is 37.3 Å². The van der Waals surface area contributed by atoms with Crippen molar-refractivity contribution in [3.8, 4) is 0 Å². The molecule has 32 heavy (non-hydrogen) atoms. The lowest BCUT2D eigenvalue weighted by molar-refractivity contribution is -0.120. The maximum Gasteiger partial charge on any atom is 0.253 e. The van der Waals surface area contributed by atoms with Gasteiger partial charge in [-0.2, -0.15) is 4.98 Å². The number of rotatable bonds is 6. The first kappa shape index (κ1) is 22.8. The molecule has 0 bridgehead atoms. The zero-order valence-corrected chi connectivity index (χ0v) is 20.5. The molecule has 7 heteroatoms. The van der Waals surface area contributed by atoms with E-state index in [1.807, 2.05) is 11.4 Å². The number of carbonyl (C=O) groups excluding carboxylic acids is 1. The van der Waals surface area contributed by atoms with Gasteiger partial charge in [-0.05, 0) is 50.2 Å². The molecule has 6 nitrogen and oxygen atoms in total. The van der Waals surface area contributed by atoms with E-state index < -0.39 is 0 Å². The number of aromatic nitrogens is 4. The Hall–Kier alpha value is -2.41. The van der Waals surface area contributed by atoms with Crippen LogP contribution in [0.4, 0.5) is 0 Å². The summed E-state index contributed by atoms with van der Waals surface area (Å²) in [7, 11) is 0. The van der Waals surface area contributed by atoms with Crippen LogP contribution in [-0.2, 0) is 11.2 Å². The van der Waals surface area contributed by atoms with E-state index in [0.717, 1.165) is 24.2 Å². The fourth-order valence-electron chi connectivity index (χ4n) is 4.58. The van der Waals surface area contributed by atoms with Gasteiger partial charge in [0, 0.05) is 23.9 Å². The van der Waals surface area contributed by atoms with Gasteiger partial charge in [-0.25, -0.2) is 9.50 Å². The van der Waals surface area contributed by atoms with E-state index in [1.165, 1.54) is 41.3 Å². The first-order valence-corrected chi connectivity index (χ1v) is 12.5. The predicted octanol–water partition coefficient (Wildman–Crippen LogP) is 4.67. The maximum absolute atomic E-state index is 12.5. The zero-order chi connectivity index (χ0) is 22.8. The minimum Gasteiger partial charge on any atom is -0.352 e. The molecule has 1 N–H and O–H groups in total. The highest BCUT2D eigenvalue weighted by atomic mass is 32.2. The van der Waals surface area contributed by atoms with Crippen LogP contribution in [0.3, 0.4) is 0 Å². The molecule has 1 fully saturated rings. The molecule has 0 saturated heterocycles. The number of nitrogens with one attached hydrogen (secondary N) is 1. The molecule has 0 radical (unpaired) electrons. The summed E-state index contributed by atoms with van der Waals surface area (Å²) in [5.74, 6) is 2.15. The number of fused-ring (bicyclic) bond motifs is 1. The molecule has 2 aromatic heterocycles. The highest BCUT2D eigenvalue weighted by Crippen LogP contribution is 2.29. The molecule has 0 spiro atoms. The van der Waals surface area contributed by atoms with Crippen LogP contribution in [0.1, 0.15) is 61.2 Å². The first-order chi connectivity index (χ1) is 15.3. The molecule has 1 amide bonds. The molecule has 3 atom stereocenters. The third-order valence-corrected chi connectivity index (χ3v) is 7.75. The van der Waals surface area contributed by atoms with Crippen LogP contribution in [0.15, 0.2) is 29.4 Å². The Balaban J connectivity index is 1.44. The van der Waals surface area contributed by atoms with Crippen LogP contribution in [0.5, 0.6) is 0 Å². The SMILES string of the molecule is Cc1ccc(Cc2c(C)nc3nc(SCC(=O)N[C@@H]4CCC[C@@H](C)[C@@H]4C)nn3c2C)cc1. The van der Waals surface area contributed by atoms with Crippen molar-refractivity contribution in [1.82, 2.24) is 24.9 Å². The highest BCUT2D eigenvalue weighted by Gasteiger charge is 2.28. The summed E-state index contributed by atoms with van der Waals surface area (Å²) in [5.41, 5.74) is 5.69. The van der Waals surface area contributed by atoms with Gasteiger partial charge in [-0.1, -0.05) is 68.3 Å². The standard InChI is InChI=1S/C25H33N5OS/c1-15-9-11-20(12-10-15)13-21-18(4)26-24-28-25(29-30(24)19(21)5)32-14-23(31)27-22-8-6-7-16(2)17(22)3/h9-12,16-17,22H,6-8,13-14H2,1-5H3,(H,27,31)/t16-,17+,22-/m1/s1. The van der Waals surface area contributed by atoms with Crippen molar-refractivity contribution in [3.63, 3.8) is 0 Å². The minimum absolute atomic E-state index is 0.0562. The lowest BCUT2D eigenvalue weighted by atomic mass is 9.78. The van der Waals surface area contributed by atoms with Gasteiger partial charge in [-0.3, -0.25) is 4.79 Å². The Labute approximate surface area is 194 Å². The van der Waals surface area contributed by atoms with Gasteiger partial charge in [0.25, 0.3) is 5.78 Å². The van der Waals surface area contributed by atoms with E-state index in [4.69, 9.17) is 0 Å². The number of benzene rings is 1. The number of aryl methyl sites for hydroxylation is 3. The summed E-state index contributed by atoms with van der Waals surface area (Å²) in [6.07, 6.45) is 4.32. The van der Waals surface area contributed by atoms with Crippen molar-refractivity contribution in [3.05, 3.63) is 52.3 Å². The lowest BCUT2D eigenvalue weighted by Gasteiger charge is -2.34. The summed E-state index contributed by atoms with van der Waals surface area (Å²) in [4.78, 5) is 21.8. The molecule has 2 heterocycles. The Morgan fingerprint density at radius 1 is 1.12 bits per heavy atom. The van der Waals surface area contributed by atoms with Crippen molar-refractivity contribution >= 4 is 23.4 Å². The van der Waals surface area contributed by atoms with E-state index in [0.29, 0.717) is 28.5 Å². The van der Waals surface area contributed by atoms with E-state index in [-0.39, 0.29) is 11.9 Å². The van der Waals surface area contributed by atoms with Crippen molar-refractivity contribution < 1.29 is 4.79 Å². The second kappa shape index (κ2) is 9.61. The maximum atomic E-state index is 12.5. The van der Waals surface area contributed by atoms with Gasteiger partial charge in [0.1, 0.15) is 0 Å². The number of amides is 1. The van der Waals surface area contributed by atoms with Crippen LogP contribution in [0.2, 0.25) is 0 Å². The van der Waals surface area contributed by atoms with Crippen molar-refractivity contribution in [1.29, 1.82) is 0 Å². The topological polar surface area (TPSA) is 72.2 Å². The molecule has 4 rings (SSSR count). The van der Waals surface area contributed by atoms with Crippen molar-refractivity contribution in [2.75, 3.05) is 5.75 Å². The first-order valence-electron chi connectivity index (χ1n) is 11.5. The predicted molar refractivity (Wildman–Crippen MR) is 129 cm³/mol. The number of nitrogens with zero attached hydrogens (tertiary/aromatic N) is 4. The summed E-state index contributed by atoms with van der Waals surface area (Å²) < 4.78 is 1.81. The Kier molecular flexibility index (Phi) is 6.84. The molecular weight excluding hydrogens is 418 g/mol. The average molecular weight is 452 g/mol. The van der Waals surface area contributed by atoms with Gasteiger partial charge >= 0.3 is 0 Å². The smallest absolute Gasteiger partial charge is 0.253 e. The summed E-state index contributed by atoms with van der Waals surface area (Å²) in [6.45, 7) is 10.7. The monoisotopic (exact) mass is 451 g/mol. The Bertz CT molecular complexity index is 1110. The number of hydrogen-bond donors (Lipinski definition) is 1. The second-order valence-corrected chi connectivity index (χ2v) is 10.2. The molecule has 3 aromatic rings. The molecular formula is C25H33N5OS. The van der Waals surface area contributed by atoms with Gasteiger partial charge in [0.2, 0.25) is 11.1 Å². The van der Waals surface area contributed by atoms with Crippen LogP contribution >= 0.6 is 11.8 Å². The molecule has 1 aromatic carbocycles. The van der Waals surface area contributed by atoms with Gasteiger partial charge in [0.15, 0.2) is 0 Å². The van der Waals surface area contributed by atoms with E-state index in [2.05, 4.69) is 72.3 Å². The molecule has 0 unspecified atom stereocenters. The zero-order valence-electron chi connectivity index (χ0n) is 19.7. The third-order valence-electron chi connectivity index (χ3n) is 6.92. The number of hydrogen-bond acceptors (Lipinski definition) is 5. The molecule has 1 aliphatic rings. The quantitative estimate of drug-likeness (QED) is 0.551. The molecule has 0 aliphatic heterocycles. The largest absolute Gasteiger partial charge is 0.352 e. The van der Waals surface area contributed by atoms with Crippen molar-refractivity contribution in [2.45, 2.75) is 71.5 Å². The summed E-state index contributed by atoms with van der Waals surface area (Å²) >= 11 is 1.38. The molecule has 1 saturated carbocycles. The highest BCUT2D eigenvalue weighted by molar-refractivity contribution is 7.99. The van der Waals surface area contributed by atoms with Gasteiger partial charge < -0.3 is 5.32 Å². The Morgan fingerprint density at radius 3 is 2.62 bits per heavy atom. The van der Waals surface area contributed by atoms with E-state index in [1.54, 1.807) is 0 Å². The Morgan fingerprint density at radius 2 is 1.88 bits per heavy atom. The van der Waals surface area contributed by atoms with Crippen LogP contribution in [0.25, 0.3) is 5.78 Å². The number of thioether (sulfide) groups is 1. The van der Waals surface area contributed by atoms with E-state index in [9.17, 15) is 4.79 Å². The molecule has 1 aliphatic carbocycles. The van der Waals surface area contributed by atoms with Gasteiger partial charge in [0.05, 0.1) is 5.75 Å². The van der Waals surface area contributed by atoms with E-state index >= 15 is 0 Å². The summed E-state index contributed by atoms with van der Waals surface area (Å²) in [6, 6.07) is 8.87. The second-order valence-electron chi connectivity index (χ2n) is 9.26.